The van der Waals surface area contributed by atoms with E-state index >= 15 is 0 Å². The van der Waals surface area contributed by atoms with Crippen molar-refractivity contribution < 1.29 is 23.8 Å². The predicted octanol–water partition coefficient (Wildman–Crippen LogP) is 3.41. The normalized spacial score (nSPS) is 10.8. The van der Waals surface area contributed by atoms with E-state index in [1.165, 1.54) is 7.11 Å². The lowest BCUT2D eigenvalue weighted by molar-refractivity contribution is -0.120. The zero-order chi connectivity index (χ0) is 19.3. The Morgan fingerprint density at radius 1 is 0.923 bits per heavy atom. The van der Waals surface area contributed by atoms with Crippen molar-refractivity contribution in [3.05, 3.63) is 53.6 Å². The number of rotatable bonds is 6. The minimum Gasteiger partial charge on any atom is -0.493 e. The lowest BCUT2D eigenvalue weighted by atomic mass is 9.83. The number of benzene rings is 2. The Labute approximate surface area is 153 Å². The van der Waals surface area contributed by atoms with Gasteiger partial charge in [0.25, 0.3) is 0 Å². The molecule has 0 unspecified atom stereocenters. The van der Waals surface area contributed by atoms with E-state index in [1.54, 1.807) is 64.5 Å². The molecule has 2 rings (SSSR count). The molecule has 0 spiro atoms. The minimum absolute atomic E-state index is 0.263. The van der Waals surface area contributed by atoms with Crippen LogP contribution in [0.1, 0.15) is 29.8 Å². The second-order valence-corrected chi connectivity index (χ2v) is 6.19. The third-order valence-electron chi connectivity index (χ3n) is 4.25. The van der Waals surface area contributed by atoms with Gasteiger partial charge < -0.3 is 19.5 Å². The maximum Gasteiger partial charge on any atom is 0.339 e. The van der Waals surface area contributed by atoms with E-state index in [-0.39, 0.29) is 5.91 Å². The molecule has 0 heterocycles. The van der Waals surface area contributed by atoms with Crippen LogP contribution in [0, 0.1) is 0 Å². The first kappa shape index (κ1) is 19.3. The highest BCUT2D eigenvalue weighted by Gasteiger charge is 2.31. The fourth-order valence-corrected chi connectivity index (χ4v) is 2.51. The summed E-state index contributed by atoms with van der Waals surface area (Å²) in [4.78, 5) is 24.8. The second-order valence-electron chi connectivity index (χ2n) is 6.19. The molecule has 6 nitrogen and oxygen atoms in total. The third kappa shape index (κ3) is 3.79. The summed E-state index contributed by atoms with van der Waals surface area (Å²) in [5.74, 6) is 0.357. The first-order valence-electron chi connectivity index (χ1n) is 8.06. The highest BCUT2D eigenvalue weighted by molar-refractivity contribution is 6.04. The van der Waals surface area contributed by atoms with Gasteiger partial charge in [0.15, 0.2) is 11.5 Å². The molecule has 0 aliphatic rings. The summed E-state index contributed by atoms with van der Waals surface area (Å²) in [7, 11) is 4.40. The number of amides is 1. The molecule has 2 aromatic rings. The monoisotopic (exact) mass is 357 g/mol. The van der Waals surface area contributed by atoms with Crippen LogP contribution in [0.4, 0.5) is 5.69 Å². The van der Waals surface area contributed by atoms with Crippen LogP contribution in [-0.4, -0.2) is 33.2 Å². The maximum absolute atomic E-state index is 12.9. The number of esters is 1. The van der Waals surface area contributed by atoms with E-state index in [0.717, 1.165) is 5.56 Å². The van der Waals surface area contributed by atoms with Crippen LogP contribution in [0.15, 0.2) is 42.5 Å². The molecule has 0 radical (unpaired) electrons. The average molecular weight is 357 g/mol. The van der Waals surface area contributed by atoms with Crippen molar-refractivity contribution >= 4 is 17.6 Å². The van der Waals surface area contributed by atoms with E-state index in [2.05, 4.69) is 5.32 Å². The third-order valence-corrected chi connectivity index (χ3v) is 4.25. The van der Waals surface area contributed by atoms with Gasteiger partial charge >= 0.3 is 5.97 Å². The number of ether oxygens (including phenoxy) is 3. The van der Waals surface area contributed by atoms with Gasteiger partial charge in [-0.15, -0.1) is 0 Å². The number of methoxy groups -OCH3 is 3. The molecular formula is C20H23NO5. The van der Waals surface area contributed by atoms with E-state index < -0.39 is 11.4 Å². The molecule has 0 saturated heterocycles. The van der Waals surface area contributed by atoms with Crippen LogP contribution in [0.25, 0.3) is 0 Å². The molecule has 0 aliphatic heterocycles. The topological polar surface area (TPSA) is 73.9 Å². The van der Waals surface area contributed by atoms with E-state index in [9.17, 15) is 9.59 Å². The SMILES string of the molecule is COC(=O)c1ccccc1NC(=O)C(C)(C)c1ccc(OC)c(OC)c1. The Kier molecular flexibility index (Phi) is 5.87. The quantitative estimate of drug-likeness (QED) is 0.802. The molecule has 26 heavy (non-hydrogen) atoms. The molecule has 6 heteroatoms. The van der Waals surface area contributed by atoms with Crippen molar-refractivity contribution in [2.75, 3.05) is 26.6 Å². The number of nitrogens with one attached hydrogen (secondary N) is 1. The second kappa shape index (κ2) is 7.91. The zero-order valence-electron chi connectivity index (χ0n) is 15.6. The highest BCUT2D eigenvalue weighted by atomic mass is 16.5. The lowest BCUT2D eigenvalue weighted by Crippen LogP contribution is -2.35. The Bertz CT molecular complexity index is 814. The molecule has 0 bridgehead atoms. The number of carbonyl (C=O) groups excluding carboxylic acids is 2. The maximum atomic E-state index is 12.9. The van der Waals surface area contributed by atoms with E-state index in [0.29, 0.717) is 22.7 Å². The van der Waals surface area contributed by atoms with Crippen LogP contribution in [-0.2, 0) is 14.9 Å². The first-order valence-corrected chi connectivity index (χ1v) is 8.06. The Morgan fingerprint density at radius 2 is 1.58 bits per heavy atom. The highest BCUT2D eigenvalue weighted by Crippen LogP contribution is 2.34. The first-order chi connectivity index (χ1) is 12.3. The van der Waals surface area contributed by atoms with E-state index in [4.69, 9.17) is 14.2 Å². The van der Waals surface area contributed by atoms with E-state index in [1.807, 2.05) is 6.07 Å². The van der Waals surface area contributed by atoms with Gasteiger partial charge in [-0.1, -0.05) is 18.2 Å². The van der Waals surface area contributed by atoms with Crippen LogP contribution in [0.3, 0.4) is 0 Å². The van der Waals surface area contributed by atoms with Crippen LogP contribution in [0.2, 0.25) is 0 Å². The van der Waals surface area contributed by atoms with Crippen LogP contribution < -0.4 is 14.8 Å². The molecule has 0 aromatic heterocycles. The fraction of sp³-hybridized carbons (Fsp3) is 0.300. The number of hydrogen-bond donors (Lipinski definition) is 1. The Morgan fingerprint density at radius 3 is 2.19 bits per heavy atom. The fourth-order valence-electron chi connectivity index (χ4n) is 2.51. The molecule has 0 saturated carbocycles. The summed E-state index contributed by atoms with van der Waals surface area (Å²) in [6, 6.07) is 12.1. The predicted molar refractivity (Wildman–Crippen MR) is 99.0 cm³/mol. The number of carbonyl (C=O) groups is 2. The van der Waals surface area contributed by atoms with Crippen molar-refractivity contribution in [1.82, 2.24) is 0 Å². The summed E-state index contributed by atoms with van der Waals surface area (Å²) >= 11 is 0. The smallest absolute Gasteiger partial charge is 0.339 e. The molecule has 2 aromatic carbocycles. The minimum atomic E-state index is -0.872. The summed E-state index contributed by atoms with van der Waals surface area (Å²) in [5.41, 5.74) is 0.579. The molecular weight excluding hydrogens is 334 g/mol. The number of hydrogen-bond acceptors (Lipinski definition) is 5. The standard InChI is InChI=1S/C20H23NO5/c1-20(2,13-10-11-16(24-3)17(12-13)25-4)19(23)21-15-9-7-6-8-14(15)18(22)26-5/h6-12H,1-5H3,(H,21,23). The van der Waals surface area contributed by atoms with Gasteiger partial charge in [-0.25, -0.2) is 4.79 Å². The van der Waals surface area contributed by atoms with Gasteiger partial charge in [0.1, 0.15) is 0 Å². The van der Waals surface area contributed by atoms with Crippen molar-refractivity contribution in [2.45, 2.75) is 19.3 Å². The van der Waals surface area contributed by atoms with Crippen LogP contribution in [0.5, 0.6) is 11.5 Å². The summed E-state index contributed by atoms with van der Waals surface area (Å²) < 4.78 is 15.3. The van der Waals surface area contributed by atoms with Crippen molar-refractivity contribution in [3.8, 4) is 11.5 Å². The molecule has 0 aliphatic carbocycles. The van der Waals surface area contributed by atoms with Gasteiger partial charge in [0.2, 0.25) is 5.91 Å². The Balaban J connectivity index is 2.33. The summed E-state index contributed by atoms with van der Waals surface area (Å²) in [6.45, 7) is 3.59. The molecule has 0 fully saturated rings. The average Bonchev–Trinajstić information content (AvgIpc) is 2.66. The van der Waals surface area contributed by atoms with Gasteiger partial charge in [-0.2, -0.15) is 0 Å². The summed E-state index contributed by atoms with van der Waals surface area (Å²) in [5, 5.41) is 2.82. The van der Waals surface area contributed by atoms with Gasteiger partial charge in [0.05, 0.1) is 38.0 Å². The molecule has 138 valence electrons. The molecule has 1 N–H and O–H groups in total. The van der Waals surface area contributed by atoms with Gasteiger partial charge in [-0.05, 0) is 43.7 Å². The van der Waals surface area contributed by atoms with Crippen molar-refractivity contribution in [2.24, 2.45) is 0 Å². The van der Waals surface area contributed by atoms with Gasteiger partial charge in [0, 0.05) is 0 Å². The number of para-hydroxylation sites is 1. The van der Waals surface area contributed by atoms with Crippen molar-refractivity contribution in [3.63, 3.8) is 0 Å². The largest absolute Gasteiger partial charge is 0.493 e. The zero-order valence-corrected chi connectivity index (χ0v) is 15.6. The summed E-state index contributed by atoms with van der Waals surface area (Å²) in [6.07, 6.45) is 0. The van der Waals surface area contributed by atoms with Crippen molar-refractivity contribution in [1.29, 1.82) is 0 Å². The lowest BCUT2D eigenvalue weighted by Gasteiger charge is -2.25. The van der Waals surface area contributed by atoms with Crippen LogP contribution >= 0.6 is 0 Å². The number of anilines is 1. The van der Waals surface area contributed by atoms with Gasteiger partial charge in [-0.3, -0.25) is 4.79 Å². The molecule has 1 amide bonds. The Hall–Kier alpha value is -3.02. The molecule has 0 atom stereocenters.